The molecule has 1 saturated heterocycles. The van der Waals surface area contributed by atoms with Gasteiger partial charge in [-0.15, -0.1) is 0 Å². The van der Waals surface area contributed by atoms with Crippen LogP contribution in [0.25, 0.3) is 0 Å². The minimum absolute atomic E-state index is 0.00205. The molecule has 1 atom stereocenters. The number of amides is 2. The fourth-order valence-corrected chi connectivity index (χ4v) is 3.27. The van der Waals surface area contributed by atoms with Crippen LogP contribution in [0, 0.1) is 5.82 Å². The van der Waals surface area contributed by atoms with Crippen molar-refractivity contribution in [3.63, 3.8) is 0 Å². The zero-order chi connectivity index (χ0) is 18.7. The predicted octanol–water partition coefficient (Wildman–Crippen LogP) is 3.22. The molecule has 2 amide bonds. The van der Waals surface area contributed by atoms with Gasteiger partial charge >= 0.3 is 0 Å². The maximum Gasteiger partial charge on any atom is 0.254 e. The lowest BCUT2D eigenvalue weighted by atomic mass is 10.0. The summed E-state index contributed by atoms with van der Waals surface area (Å²) in [6.45, 7) is 3.08. The third kappa shape index (κ3) is 4.03. The number of rotatable bonds is 3. The van der Waals surface area contributed by atoms with E-state index < -0.39 is 11.7 Å². The second-order valence-corrected chi connectivity index (χ2v) is 6.59. The van der Waals surface area contributed by atoms with E-state index >= 15 is 0 Å². The molecule has 2 aromatic rings. The minimum Gasteiger partial charge on any atom is -0.329 e. The number of nitrogens with zero attached hydrogens (tertiary/aromatic N) is 1. The fraction of sp³-hybridized carbons (Fsp3) is 0.263. The molecule has 5 nitrogen and oxygen atoms in total. The topological polar surface area (TPSA) is 61.4 Å². The van der Waals surface area contributed by atoms with Crippen molar-refractivity contribution < 1.29 is 14.0 Å². The summed E-state index contributed by atoms with van der Waals surface area (Å²) in [4.78, 5) is 26.0. The zero-order valence-electron chi connectivity index (χ0n) is 14.3. The molecular weight excluding hydrogens is 357 g/mol. The van der Waals surface area contributed by atoms with Gasteiger partial charge in [0.25, 0.3) is 5.91 Å². The standard InChI is InChI=1S/C19H19ClFN3O2/c1-12(25)23-17-10-14(5-6-16(17)21)19(26)24-8-7-22-11-18(24)13-3-2-4-15(20)9-13/h2-6,9-10,18,22H,7-8,11H2,1H3,(H,23,25). The Morgan fingerprint density at radius 1 is 1.27 bits per heavy atom. The minimum atomic E-state index is -0.580. The average molecular weight is 376 g/mol. The van der Waals surface area contributed by atoms with Crippen LogP contribution in [0.5, 0.6) is 0 Å². The van der Waals surface area contributed by atoms with Crippen LogP contribution in [-0.2, 0) is 4.79 Å². The van der Waals surface area contributed by atoms with Crippen molar-refractivity contribution in [1.82, 2.24) is 10.2 Å². The molecule has 1 unspecified atom stereocenters. The molecule has 7 heteroatoms. The van der Waals surface area contributed by atoms with E-state index in [1.165, 1.54) is 25.1 Å². The fourth-order valence-electron chi connectivity index (χ4n) is 3.07. The first-order valence-electron chi connectivity index (χ1n) is 8.30. The van der Waals surface area contributed by atoms with Crippen molar-refractivity contribution in [2.24, 2.45) is 0 Å². The summed E-state index contributed by atoms with van der Waals surface area (Å²) < 4.78 is 13.9. The van der Waals surface area contributed by atoms with Gasteiger partial charge in [-0.3, -0.25) is 9.59 Å². The Morgan fingerprint density at radius 3 is 2.81 bits per heavy atom. The first kappa shape index (κ1) is 18.4. The summed E-state index contributed by atoms with van der Waals surface area (Å²) >= 11 is 6.09. The summed E-state index contributed by atoms with van der Waals surface area (Å²) in [6, 6.07) is 11.2. The summed E-state index contributed by atoms with van der Waals surface area (Å²) in [7, 11) is 0. The number of piperazine rings is 1. The lowest BCUT2D eigenvalue weighted by Crippen LogP contribution is -2.48. The van der Waals surface area contributed by atoms with Gasteiger partial charge in [0, 0.05) is 37.1 Å². The summed E-state index contributed by atoms with van der Waals surface area (Å²) in [5, 5.41) is 6.30. The van der Waals surface area contributed by atoms with E-state index in [9.17, 15) is 14.0 Å². The van der Waals surface area contributed by atoms with E-state index in [4.69, 9.17) is 11.6 Å². The number of carbonyl (C=O) groups excluding carboxylic acids is 2. The number of nitrogens with one attached hydrogen (secondary N) is 2. The van der Waals surface area contributed by atoms with Crippen LogP contribution >= 0.6 is 11.6 Å². The molecule has 0 aromatic heterocycles. The molecule has 2 N–H and O–H groups in total. The molecule has 0 aliphatic carbocycles. The second kappa shape index (κ2) is 7.85. The molecule has 0 spiro atoms. The van der Waals surface area contributed by atoms with Crippen molar-refractivity contribution in [2.45, 2.75) is 13.0 Å². The Morgan fingerprint density at radius 2 is 2.08 bits per heavy atom. The van der Waals surface area contributed by atoms with Gasteiger partial charge in [0.05, 0.1) is 11.7 Å². The molecule has 0 bridgehead atoms. The number of hydrogen-bond donors (Lipinski definition) is 2. The van der Waals surface area contributed by atoms with Crippen molar-refractivity contribution >= 4 is 29.1 Å². The second-order valence-electron chi connectivity index (χ2n) is 6.15. The zero-order valence-corrected chi connectivity index (χ0v) is 15.0. The first-order valence-corrected chi connectivity index (χ1v) is 8.68. The first-order chi connectivity index (χ1) is 12.5. The summed E-state index contributed by atoms with van der Waals surface area (Å²) in [6.07, 6.45) is 0. The lowest BCUT2D eigenvalue weighted by Gasteiger charge is -2.36. The van der Waals surface area contributed by atoms with Gasteiger partial charge in [-0.2, -0.15) is 0 Å². The van der Waals surface area contributed by atoms with Gasteiger partial charge in [-0.1, -0.05) is 23.7 Å². The van der Waals surface area contributed by atoms with E-state index in [0.29, 0.717) is 30.2 Å². The van der Waals surface area contributed by atoms with Gasteiger partial charge in [0.1, 0.15) is 5.82 Å². The highest BCUT2D eigenvalue weighted by atomic mass is 35.5. The van der Waals surface area contributed by atoms with Crippen molar-refractivity contribution in [3.8, 4) is 0 Å². The molecule has 1 fully saturated rings. The van der Waals surface area contributed by atoms with E-state index in [1.807, 2.05) is 18.2 Å². The van der Waals surface area contributed by atoms with Crippen molar-refractivity contribution in [3.05, 3.63) is 64.4 Å². The predicted molar refractivity (Wildman–Crippen MR) is 98.8 cm³/mol. The molecule has 1 aliphatic heterocycles. The van der Waals surface area contributed by atoms with Crippen molar-refractivity contribution in [1.29, 1.82) is 0 Å². The number of hydrogen-bond acceptors (Lipinski definition) is 3. The quantitative estimate of drug-likeness (QED) is 0.865. The molecule has 3 rings (SSSR count). The van der Waals surface area contributed by atoms with Crippen LogP contribution in [0.2, 0.25) is 5.02 Å². The SMILES string of the molecule is CC(=O)Nc1cc(C(=O)N2CCNCC2c2cccc(Cl)c2)ccc1F. The molecular formula is C19H19ClFN3O2. The van der Waals surface area contributed by atoms with Crippen LogP contribution in [0.1, 0.15) is 28.9 Å². The molecule has 0 saturated carbocycles. The molecule has 1 aliphatic rings. The van der Waals surface area contributed by atoms with Crippen LogP contribution in [-0.4, -0.2) is 36.3 Å². The van der Waals surface area contributed by atoms with Gasteiger partial charge in [-0.25, -0.2) is 4.39 Å². The van der Waals surface area contributed by atoms with E-state index in [0.717, 1.165) is 5.56 Å². The smallest absolute Gasteiger partial charge is 0.254 e. The lowest BCUT2D eigenvalue weighted by molar-refractivity contribution is -0.114. The number of anilines is 1. The van der Waals surface area contributed by atoms with Crippen LogP contribution in [0.15, 0.2) is 42.5 Å². The maximum atomic E-state index is 13.9. The molecule has 2 aromatic carbocycles. The van der Waals surface area contributed by atoms with E-state index in [2.05, 4.69) is 10.6 Å². The normalized spacial score (nSPS) is 17.0. The monoisotopic (exact) mass is 375 g/mol. The number of benzene rings is 2. The maximum absolute atomic E-state index is 13.9. The Kier molecular flexibility index (Phi) is 5.54. The third-order valence-electron chi connectivity index (χ3n) is 4.26. The molecule has 136 valence electrons. The number of halogens is 2. The summed E-state index contributed by atoms with van der Waals surface area (Å²) in [5.41, 5.74) is 1.25. The molecule has 26 heavy (non-hydrogen) atoms. The highest BCUT2D eigenvalue weighted by Gasteiger charge is 2.29. The van der Waals surface area contributed by atoms with E-state index in [-0.39, 0.29) is 17.6 Å². The van der Waals surface area contributed by atoms with Gasteiger partial charge in [0.2, 0.25) is 5.91 Å². The molecule has 0 radical (unpaired) electrons. The third-order valence-corrected chi connectivity index (χ3v) is 4.50. The Labute approximate surface area is 156 Å². The Balaban J connectivity index is 1.90. The van der Waals surface area contributed by atoms with Gasteiger partial charge < -0.3 is 15.5 Å². The van der Waals surface area contributed by atoms with Crippen LogP contribution < -0.4 is 10.6 Å². The van der Waals surface area contributed by atoms with Crippen LogP contribution in [0.4, 0.5) is 10.1 Å². The Bertz CT molecular complexity index is 843. The van der Waals surface area contributed by atoms with E-state index in [1.54, 1.807) is 11.0 Å². The van der Waals surface area contributed by atoms with Gasteiger partial charge in [0.15, 0.2) is 0 Å². The van der Waals surface area contributed by atoms with Gasteiger partial charge in [-0.05, 0) is 35.9 Å². The van der Waals surface area contributed by atoms with Crippen LogP contribution in [0.3, 0.4) is 0 Å². The Hall–Kier alpha value is -2.44. The highest BCUT2D eigenvalue weighted by molar-refractivity contribution is 6.30. The van der Waals surface area contributed by atoms with Crippen molar-refractivity contribution in [2.75, 3.05) is 25.0 Å². The largest absolute Gasteiger partial charge is 0.329 e. The molecule has 1 heterocycles. The summed E-state index contributed by atoms with van der Waals surface area (Å²) in [5.74, 6) is -1.20. The highest BCUT2D eigenvalue weighted by Crippen LogP contribution is 2.27. The number of carbonyl (C=O) groups is 2. The average Bonchev–Trinajstić information content (AvgIpc) is 2.62.